The van der Waals surface area contributed by atoms with Gasteiger partial charge in [-0.05, 0) is 37.1 Å². The van der Waals surface area contributed by atoms with Gasteiger partial charge in [-0.3, -0.25) is 4.90 Å². The first-order valence-electron chi connectivity index (χ1n) is 11.7. The van der Waals surface area contributed by atoms with Crippen LogP contribution >= 0.6 is 11.6 Å². The Hall–Kier alpha value is -2.72. The molecule has 2 aromatic carbocycles. The maximum absolute atomic E-state index is 13.6. The van der Waals surface area contributed by atoms with E-state index in [-0.39, 0.29) is 10.4 Å². The van der Waals surface area contributed by atoms with E-state index in [1.165, 1.54) is 18.5 Å². The topological polar surface area (TPSA) is 78.0 Å². The Balaban J connectivity index is 1.19. The summed E-state index contributed by atoms with van der Waals surface area (Å²) >= 11 is 5.93. The van der Waals surface area contributed by atoms with Crippen LogP contribution < -0.4 is 14.8 Å². The van der Waals surface area contributed by atoms with Gasteiger partial charge in [-0.2, -0.15) is 0 Å². The molecule has 2 aliphatic heterocycles. The summed E-state index contributed by atoms with van der Waals surface area (Å²) in [5.74, 6) is 0.824. The molecule has 1 N–H and O–H groups in total. The Labute approximate surface area is 207 Å². The van der Waals surface area contributed by atoms with Crippen LogP contribution in [0.4, 0.5) is 15.9 Å². The highest BCUT2D eigenvalue weighted by Gasteiger charge is 2.67. The van der Waals surface area contributed by atoms with E-state index in [2.05, 4.69) is 20.2 Å². The molecule has 0 atom stereocenters. The fourth-order valence-corrected chi connectivity index (χ4v) is 5.38. The molecule has 3 heterocycles. The van der Waals surface area contributed by atoms with Gasteiger partial charge in [-0.15, -0.1) is 0 Å². The lowest BCUT2D eigenvalue weighted by Crippen LogP contribution is -2.41. The summed E-state index contributed by atoms with van der Waals surface area (Å²) < 4.78 is 37.4. The van der Waals surface area contributed by atoms with Crippen LogP contribution in [0.5, 0.6) is 11.5 Å². The lowest BCUT2D eigenvalue weighted by Gasteiger charge is -2.28. The van der Waals surface area contributed by atoms with E-state index in [1.807, 2.05) is 12.1 Å². The molecule has 2 saturated heterocycles. The minimum atomic E-state index is -0.479. The van der Waals surface area contributed by atoms with Gasteiger partial charge >= 0.3 is 0 Å². The Morgan fingerprint density at radius 3 is 2.69 bits per heavy atom. The highest BCUT2D eigenvalue weighted by molar-refractivity contribution is 6.31. The Morgan fingerprint density at radius 2 is 1.94 bits per heavy atom. The number of rotatable bonds is 7. The van der Waals surface area contributed by atoms with Crippen LogP contribution in [-0.2, 0) is 9.47 Å². The van der Waals surface area contributed by atoms with Gasteiger partial charge < -0.3 is 24.3 Å². The normalized spacial score (nSPS) is 20.1. The highest BCUT2D eigenvalue weighted by atomic mass is 35.5. The van der Waals surface area contributed by atoms with Crippen molar-refractivity contribution in [1.82, 2.24) is 14.9 Å². The monoisotopic (exact) mass is 500 g/mol. The number of methoxy groups -OCH3 is 1. The van der Waals surface area contributed by atoms with Gasteiger partial charge in [0.25, 0.3) is 0 Å². The molecule has 8 nitrogen and oxygen atoms in total. The Morgan fingerprint density at radius 1 is 1.11 bits per heavy atom. The van der Waals surface area contributed by atoms with Crippen LogP contribution in [0.3, 0.4) is 0 Å². The molecular weight excluding hydrogens is 475 g/mol. The van der Waals surface area contributed by atoms with Crippen molar-refractivity contribution >= 4 is 34.0 Å². The molecule has 3 aliphatic rings. The molecule has 6 rings (SSSR count). The summed E-state index contributed by atoms with van der Waals surface area (Å²) in [7, 11) is 1.60. The average Bonchev–Trinajstić information content (AvgIpc) is 3.37. The molecule has 10 heteroatoms. The molecule has 1 aromatic heterocycles. The third-order valence-electron chi connectivity index (χ3n) is 7.14. The minimum Gasteiger partial charge on any atom is -0.493 e. The lowest BCUT2D eigenvalue weighted by molar-refractivity contribution is -0.182. The third kappa shape index (κ3) is 4.06. The second-order valence-corrected chi connectivity index (χ2v) is 9.69. The maximum atomic E-state index is 13.6. The maximum Gasteiger partial charge on any atom is 0.188 e. The van der Waals surface area contributed by atoms with Gasteiger partial charge in [0.1, 0.15) is 24.6 Å². The fourth-order valence-electron chi connectivity index (χ4n) is 5.20. The number of ether oxygens (including phenoxy) is 4. The van der Waals surface area contributed by atoms with E-state index < -0.39 is 11.6 Å². The van der Waals surface area contributed by atoms with Crippen molar-refractivity contribution in [2.45, 2.75) is 18.6 Å². The lowest BCUT2D eigenvalue weighted by atomic mass is 10.00. The van der Waals surface area contributed by atoms with E-state index in [0.717, 1.165) is 37.9 Å². The molecule has 0 amide bonds. The summed E-state index contributed by atoms with van der Waals surface area (Å²) in [6.45, 7) is 4.31. The molecular formula is C25H26ClFN4O4. The zero-order valence-electron chi connectivity index (χ0n) is 19.4. The van der Waals surface area contributed by atoms with E-state index in [9.17, 15) is 4.39 Å². The van der Waals surface area contributed by atoms with Gasteiger partial charge in [0.05, 0.1) is 37.4 Å². The Bertz CT molecular complexity index is 1270. The van der Waals surface area contributed by atoms with Gasteiger partial charge in [0.2, 0.25) is 0 Å². The molecule has 35 heavy (non-hydrogen) atoms. The van der Waals surface area contributed by atoms with Crippen LogP contribution in [-0.4, -0.2) is 67.2 Å². The second kappa shape index (κ2) is 8.74. The number of aromatic nitrogens is 2. The summed E-state index contributed by atoms with van der Waals surface area (Å²) in [4.78, 5) is 11.1. The van der Waals surface area contributed by atoms with Crippen molar-refractivity contribution in [3.8, 4) is 11.5 Å². The molecule has 0 radical (unpaired) electrons. The summed E-state index contributed by atoms with van der Waals surface area (Å²) in [5, 5.41) is 3.97. The van der Waals surface area contributed by atoms with Gasteiger partial charge in [-0.25, -0.2) is 14.4 Å². The molecule has 184 valence electrons. The number of nitrogens with zero attached hydrogens (tertiary/aromatic N) is 3. The van der Waals surface area contributed by atoms with Gasteiger partial charge in [0.15, 0.2) is 17.3 Å². The van der Waals surface area contributed by atoms with Crippen LogP contribution in [0, 0.1) is 11.2 Å². The van der Waals surface area contributed by atoms with Crippen molar-refractivity contribution < 1.29 is 23.3 Å². The molecule has 1 saturated carbocycles. The zero-order chi connectivity index (χ0) is 24.0. The van der Waals surface area contributed by atoms with E-state index >= 15 is 0 Å². The first-order valence-corrected chi connectivity index (χ1v) is 12.1. The average molecular weight is 501 g/mol. The number of fused-ring (bicyclic) bond motifs is 2. The van der Waals surface area contributed by atoms with Crippen molar-refractivity contribution in [2.24, 2.45) is 5.41 Å². The van der Waals surface area contributed by atoms with Crippen molar-refractivity contribution in [3.63, 3.8) is 0 Å². The first kappa shape index (κ1) is 22.7. The summed E-state index contributed by atoms with van der Waals surface area (Å²) in [5.41, 5.74) is 1.45. The van der Waals surface area contributed by atoms with Gasteiger partial charge in [0, 0.05) is 35.6 Å². The number of halogens is 2. The number of anilines is 2. The Kier molecular flexibility index (Phi) is 5.68. The molecule has 3 fully saturated rings. The number of likely N-dealkylation sites (tertiary alicyclic amines) is 1. The summed E-state index contributed by atoms with van der Waals surface area (Å²) in [6.07, 6.45) is 3.76. The fraction of sp³-hybridized carbons (Fsp3) is 0.440. The third-order valence-corrected chi connectivity index (χ3v) is 7.43. The van der Waals surface area contributed by atoms with Crippen molar-refractivity contribution in [1.29, 1.82) is 0 Å². The highest BCUT2D eigenvalue weighted by Crippen LogP contribution is 2.61. The number of nitrogens with one attached hydrogen (secondary N) is 1. The van der Waals surface area contributed by atoms with E-state index in [4.69, 9.17) is 30.5 Å². The second-order valence-electron chi connectivity index (χ2n) is 9.29. The molecule has 0 bridgehead atoms. The zero-order valence-corrected chi connectivity index (χ0v) is 20.1. The largest absolute Gasteiger partial charge is 0.493 e. The SMILES string of the molecule is COc1cc2ncnc(Nc3ccc(F)c(Cl)c3)c2cc1OCCN1CC2(CC2)C2(C1)OCCO2. The van der Waals surface area contributed by atoms with Crippen LogP contribution in [0.25, 0.3) is 10.9 Å². The smallest absolute Gasteiger partial charge is 0.188 e. The molecule has 1 aliphatic carbocycles. The van der Waals surface area contributed by atoms with E-state index in [0.29, 0.717) is 48.3 Å². The minimum absolute atomic E-state index is 0.0316. The van der Waals surface area contributed by atoms with Crippen molar-refractivity contribution in [3.05, 3.63) is 47.5 Å². The van der Waals surface area contributed by atoms with Crippen LogP contribution in [0.15, 0.2) is 36.7 Å². The predicted octanol–water partition coefficient (Wildman–Crippen LogP) is 4.39. The summed E-state index contributed by atoms with van der Waals surface area (Å²) in [6, 6.07) is 8.10. The molecule has 2 spiro atoms. The number of hydrogen-bond acceptors (Lipinski definition) is 8. The van der Waals surface area contributed by atoms with Crippen LogP contribution in [0.1, 0.15) is 12.8 Å². The number of benzene rings is 2. The van der Waals surface area contributed by atoms with Crippen LogP contribution in [0.2, 0.25) is 5.02 Å². The van der Waals surface area contributed by atoms with Crippen molar-refractivity contribution in [2.75, 3.05) is 51.9 Å². The predicted molar refractivity (Wildman–Crippen MR) is 129 cm³/mol. The standard InChI is InChI=1S/C25H26ClFN4O4/c1-32-21-12-20-17(23(29-15-28-20)30-16-2-3-19(27)18(26)10-16)11-22(21)33-7-6-31-13-24(4-5-24)25(14-31)34-8-9-35-25/h2-3,10-12,15H,4-9,13-14H2,1H3,(H,28,29,30). The first-order chi connectivity index (χ1) is 17.0. The quantitative estimate of drug-likeness (QED) is 0.512. The van der Waals surface area contributed by atoms with E-state index in [1.54, 1.807) is 13.2 Å². The number of hydrogen-bond donors (Lipinski definition) is 1. The van der Waals surface area contributed by atoms with Gasteiger partial charge in [-0.1, -0.05) is 11.6 Å². The molecule has 0 unspecified atom stereocenters. The molecule has 3 aromatic rings.